The first-order chi connectivity index (χ1) is 13.5. The molecule has 0 spiro atoms. The molecule has 0 aliphatic carbocycles. The third-order valence-corrected chi connectivity index (χ3v) is 5.55. The number of pyridine rings is 1. The van der Waals surface area contributed by atoms with Gasteiger partial charge >= 0.3 is 0 Å². The van der Waals surface area contributed by atoms with Gasteiger partial charge in [0.2, 0.25) is 10.0 Å². The molecule has 1 N–H and O–H groups in total. The second-order valence-electron chi connectivity index (χ2n) is 5.90. The number of methoxy groups -OCH3 is 1. The van der Waals surface area contributed by atoms with E-state index in [0.29, 0.717) is 18.1 Å². The SMILES string of the molecule is COc1cc(CNS(=O)(=O)c2ccc(Cl)nc2)ccc1OCc1ccccc1. The Morgan fingerprint density at radius 3 is 2.46 bits per heavy atom. The zero-order valence-corrected chi connectivity index (χ0v) is 16.7. The number of hydrogen-bond acceptors (Lipinski definition) is 5. The standard InChI is InChI=1S/C20H19ClN2O4S/c1-26-19-11-16(7-9-18(19)27-14-15-5-3-2-4-6-15)12-23-28(24,25)17-8-10-20(21)22-13-17/h2-11,13,23H,12,14H2,1H3. The molecule has 6 nitrogen and oxygen atoms in total. The van der Waals surface area contributed by atoms with E-state index >= 15 is 0 Å². The summed E-state index contributed by atoms with van der Waals surface area (Å²) in [6, 6.07) is 17.9. The zero-order chi connectivity index (χ0) is 20.0. The van der Waals surface area contributed by atoms with E-state index in [0.717, 1.165) is 11.1 Å². The van der Waals surface area contributed by atoms with Crippen LogP contribution in [-0.2, 0) is 23.2 Å². The molecule has 0 saturated carbocycles. The second kappa shape index (κ2) is 9.05. The summed E-state index contributed by atoms with van der Waals surface area (Å²) in [5.74, 6) is 1.11. The van der Waals surface area contributed by atoms with Crippen molar-refractivity contribution in [3.05, 3.63) is 83.1 Å². The minimum Gasteiger partial charge on any atom is -0.493 e. The van der Waals surface area contributed by atoms with E-state index < -0.39 is 10.0 Å². The van der Waals surface area contributed by atoms with Crippen LogP contribution in [0.5, 0.6) is 11.5 Å². The highest BCUT2D eigenvalue weighted by Gasteiger charge is 2.15. The van der Waals surface area contributed by atoms with E-state index in [2.05, 4.69) is 9.71 Å². The van der Waals surface area contributed by atoms with Gasteiger partial charge in [0.05, 0.1) is 7.11 Å². The van der Waals surface area contributed by atoms with Crippen LogP contribution in [0.4, 0.5) is 0 Å². The number of nitrogens with zero attached hydrogens (tertiary/aromatic N) is 1. The maximum atomic E-state index is 12.3. The van der Waals surface area contributed by atoms with E-state index in [1.54, 1.807) is 18.2 Å². The molecule has 0 atom stereocenters. The van der Waals surface area contributed by atoms with Gasteiger partial charge in [0, 0.05) is 12.7 Å². The fourth-order valence-corrected chi connectivity index (χ4v) is 3.53. The highest BCUT2D eigenvalue weighted by Crippen LogP contribution is 2.29. The predicted molar refractivity (Wildman–Crippen MR) is 107 cm³/mol. The molecule has 28 heavy (non-hydrogen) atoms. The molecule has 0 aliphatic rings. The molecule has 0 radical (unpaired) electrons. The molecule has 3 aromatic rings. The third-order valence-electron chi connectivity index (χ3n) is 3.94. The Balaban J connectivity index is 1.67. The lowest BCUT2D eigenvalue weighted by atomic mass is 10.2. The monoisotopic (exact) mass is 418 g/mol. The Morgan fingerprint density at radius 2 is 1.79 bits per heavy atom. The smallest absolute Gasteiger partial charge is 0.242 e. The molecule has 0 saturated heterocycles. The van der Waals surface area contributed by atoms with E-state index in [1.807, 2.05) is 30.3 Å². The normalized spacial score (nSPS) is 11.2. The molecule has 0 fully saturated rings. The van der Waals surface area contributed by atoms with Crippen LogP contribution in [0.15, 0.2) is 71.8 Å². The molecule has 0 amide bonds. The van der Waals surface area contributed by atoms with Crippen molar-refractivity contribution in [2.75, 3.05) is 7.11 Å². The van der Waals surface area contributed by atoms with Crippen molar-refractivity contribution in [1.82, 2.24) is 9.71 Å². The number of nitrogens with one attached hydrogen (secondary N) is 1. The van der Waals surface area contributed by atoms with E-state index in [4.69, 9.17) is 21.1 Å². The quantitative estimate of drug-likeness (QED) is 0.563. The van der Waals surface area contributed by atoms with Gasteiger partial charge < -0.3 is 9.47 Å². The van der Waals surface area contributed by atoms with Gasteiger partial charge in [-0.05, 0) is 35.4 Å². The van der Waals surface area contributed by atoms with Crippen molar-refractivity contribution < 1.29 is 17.9 Å². The van der Waals surface area contributed by atoms with Crippen molar-refractivity contribution in [3.63, 3.8) is 0 Å². The lowest BCUT2D eigenvalue weighted by Crippen LogP contribution is -2.23. The summed E-state index contributed by atoms with van der Waals surface area (Å²) < 4.78 is 38.4. The molecule has 2 aromatic carbocycles. The second-order valence-corrected chi connectivity index (χ2v) is 8.05. The molecule has 1 heterocycles. The Bertz CT molecular complexity index is 1030. The first-order valence-electron chi connectivity index (χ1n) is 8.43. The fourth-order valence-electron chi connectivity index (χ4n) is 2.46. The minimum absolute atomic E-state index is 0.0479. The molecule has 0 aliphatic heterocycles. The van der Waals surface area contributed by atoms with Crippen molar-refractivity contribution in [1.29, 1.82) is 0 Å². The van der Waals surface area contributed by atoms with Gasteiger partial charge in [-0.3, -0.25) is 0 Å². The Labute approximate surface area is 169 Å². The minimum atomic E-state index is -3.69. The van der Waals surface area contributed by atoms with Crippen LogP contribution in [0.25, 0.3) is 0 Å². The van der Waals surface area contributed by atoms with Gasteiger partial charge in [-0.15, -0.1) is 0 Å². The number of hydrogen-bond donors (Lipinski definition) is 1. The van der Waals surface area contributed by atoms with Crippen molar-refractivity contribution >= 4 is 21.6 Å². The number of benzene rings is 2. The van der Waals surface area contributed by atoms with Crippen LogP contribution in [0, 0.1) is 0 Å². The number of ether oxygens (including phenoxy) is 2. The number of aromatic nitrogens is 1. The van der Waals surface area contributed by atoms with Crippen LogP contribution in [0.1, 0.15) is 11.1 Å². The Hall–Kier alpha value is -2.61. The molecule has 3 rings (SSSR count). The Morgan fingerprint density at radius 1 is 1.00 bits per heavy atom. The number of sulfonamides is 1. The van der Waals surface area contributed by atoms with Crippen LogP contribution in [0.2, 0.25) is 5.15 Å². The summed E-state index contributed by atoms with van der Waals surface area (Å²) in [5, 5.41) is 0.231. The van der Waals surface area contributed by atoms with Gasteiger partial charge in [0.25, 0.3) is 0 Å². The molecule has 146 valence electrons. The van der Waals surface area contributed by atoms with Crippen molar-refractivity contribution in [2.45, 2.75) is 18.0 Å². The van der Waals surface area contributed by atoms with Gasteiger partial charge in [-0.1, -0.05) is 48.0 Å². The van der Waals surface area contributed by atoms with Crippen molar-refractivity contribution in [2.24, 2.45) is 0 Å². The summed E-state index contributed by atoms with van der Waals surface area (Å²) in [6.07, 6.45) is 1.21. The molecule has 1 aromatic heterocycles. The molecule has 0 unspecified atom stereocenters. The maximum absolute atomic E-state index is 12.3. The average Bonchev–Trinajstić information content (AvgIpc) is 2.72. The molecular weight excluding hydrogens is 400 g/mol. The lowest BCUT2D eigenvalue weighted by molar-refractivity contribution is 0.284. The zero-order valence-electron chi connectivity index (χ0n) is 15.1. The number of halogens is 1. The largest absolute Gasteiger partial charge is 0.493 e. The third kappa shape index (κ3) is 5.22. The highest BCUT2D eigenvalue weighted by molar-refractivity contribution is 7.89. The molecule has 8 heteroatoms. The maximum Gasteiger partial charge on any atom is 0.242 e. The molecule has 0 bridgehead atoms. The predicted octanol–water partition coefficient (Wildman–Crippen LogP) is 3.80. The topological polar surface area (TPSA) is 77.5 Å². The summed E-state index contributed by atoms with van der Waals surface area (Å²) >= 11 is 5.70. The summed E-state index contributed by atoms with van der Waals surface area (Å²) in [6.45, 7) is 0.507. The fraction of sp³-hybridized carbons (Fsp3) is 0.150. The summed E-state index contributed by atoms with van der Waals surface area (Å²) in [7, 11) is -2.15. The van der Waals surface area contributed by atoms with Crippen LogP contribution < -0.4 is 14.2 Å². The van der Waals surface area contributed by atoms with E-state index in [-0.39, 0.29) is 16.6 Å². The molecular formula is C20H19ClN2O4S. The van der Waals surface area contributed by atoms with Crippen LogP contribution >= 0.6 is 11.6 Å². The number of rotatable bonds is 8. The van der Waals surface area contributed by atoms with Crippen molar-refractivity contribution in [3.8, 4) is 11.5 Å². The van der Waals surface area contributed by atoms with Gasteiger partial charge in [-0.2, -0.15) is 0 Å². The van der Waals surface area contributed by atoms with E-state index in [1.165, 1.54) is 25.4 Å². The van der Waals surface area contributed by atoms with Crippen LogP contribution in [-0.4, -0.2) is 20.5 Å². The van der Waals surface area contributed by atoms with Gasteiger partial charge in [-0.25, -0.2) is 18.1 Å². The van der Waals surface area contributed by atoms with Gasteiger partial charge in [0.15, 0.2) is 11.5 Å². The van der Waals surface area contributed by atoms with Gasteiger partial charge in [0.1, 0.15) is 16.7 Å². The lowest BCUT2D eigenvalue weighted by Gasteiger charge is -2.13. The summed E-state index contributed by atoms with van der Waals surface area (Å²) in [5.41, 5.74) is 1.77. The summed E-state index contributed by atoms with van der Waals surface area (Å²) in [4.78, 5) is 3.84. The Kier molecular flexibility index (Phi) is 6.51. The highest BCUT2D eigenvalue weighted by atomic mass is 35.5. The van der Waals surface area contributed by atoms with Crippen LogP contribution in [0.3, 0.4) is 0 Å². The first-order valence-corrected chi connectivity index (χ1v) is 10.3. The van der Waals surface area contributed by atoms with E-state index in [9.17, 15) is 8.42 Å². The first kappa shape index (κ1) is 20.1. The average molecular weight is 419 g/mol.